The molecule has 20 nitrogen and oxygen atoms in total. The third-order valence-corrected chi connectivity index (χ3v) is 10.7. The van der Waals surface area contributed by atoms with Gasteiger partial charge in [0.15, 0.2) is 5.16 Å². The third kappa shape index (κ3) is 10.4. The molecule has 282 valence electrons. The molecule has 4 aromatic rings. The first kappa shape index (κ1) is 40.5. The quantitative estimate of drug-likeness (QED) is 0.0456. The van der Waals surface area contributed by atoms with Crippen LogP contribution in [0.15, 0.2) is 67.6 Å². The van der Waals surface area contributed by atoms with Crippen molar-refractivity contribution in [2.24, 2.45) is 10.2 Å². The van der Waals surface area contributed by atoms with Gasteiger partial charge in [-0.3, -0.25) is 13.7 Å². The Morgan fingerprint density at radius 3 is 2.12 bits per heavy atom. The number of azo groups is 1. The number of aromatic hydroxyl groups is 1. The number of hydrogen-bond acceptors (Lipinski definition) is 18. The molecule has 3 aromatic carbocycles. The van der Waals surface area contributed by atoms with Crippen LogP contribution in [-0.2, 0) is 36.9 Å². The Hall–Kier alpha value is -4.27. The summed E-state index contributed by atoms with van der Waals surface area (Å²) in [5, 5.41) is 41.1. The average molecular weight is 803 g/mol. The molecule has 0 aliphatic rings. The molecule has 0 aliphatic carbocycles. The number of aliphatic hydroxyl groups is 2. The van der Waals surface area contributed by atoms with Crippen LogP contribution in [0.4, 0.5) is 29.0 Å². The number of aromatic nitrogens is 3. The van der Waals surface area contributed by atoms with E-state index in [4.69, 9.17) is 4.55 Å². The number of aliphatic hydroxyl groups excluding tert-OH is 2. The van der Waals surface area contributed by atoms with Gasteiger partial charge in [-0.25, -0.2) is 0 Å². The largest absolute Gasteiger partial charge is 0.507 e. The number of anilines is 3. The van der Waals surface area contributed by atoms with Gasteiger partial charge in [-0.05, 0) is 35.2 Å². The lowest BCUT2D eigenvalue weighted by molar-refractivity contribution is 0.280. The van der Waals surface area contributed by atoms with Crippen LogP contribution in [0.1, 0.15) is 5.56 Å². The topological polar surface area (TPSA) is 306 Å². The van der Waals surface area contributed by atoms with E-state index in [0.29, 0.717) is 11.3 Å². The summed E-state index contributed by atoms with van der Waals surface area (Å²) < 4.78 is 99.1. The molecule has 0 bridgehead atoms. The van der Waals surface area contributed by atoms with Crippen molar-refractivity contribution in [1.29, 1.82) is 0 Å². The number of nitrogens with zero attached hydrogens (tertiary/aromatic N) is 7. The maximum absolute atomic E-state index is 12.3. The molecular weight excluding hydrogens is 769 g/mol. The Morgan fingerprint density at radius 1 is 0.846 bits per heavy atom. The number of phenolic OH excluding ortho intramolecular Hbond substituents is 1. The molecule has 52 heavy (non-hydrogen) atoms. The lowest BCUT2D eigenvalue weighted by Gasteiger charge is -2.23. The summed E-state index contributed by atoms with van der Waals surface area (Å²) in [4.78, 5) is 14.9. The SMILES string of the molecule is CNc1ccc2cc(S(=O)(=O)O)cc(O)c2c1N=Nc1cc(CN(C)c2nc(SCCS(=O)(=O)O)nc(N(CCO)CCO)n2)ccc1S(=O)(=O)O. The fraction of sp³-hybridized carbons (Fsp3) is 0.321. The number of hydrogen-bond donors (Lipinski definition) is 7. The van der Waals surface area contributed by atoms with Crippen molar-refractivity contribution in [1.82, 2.24) is 15.0 Å². The van der Waals surface area contributed by atoms with Gasteiger partial charge >= 0.3 is 0 Å². The molecule has 0 saturated heterocycles. The predicted octanol–water partition coefficient (Wildman–Crippen LogP) is 2.09. The molecule has 24 heteroatoms. The van der Waals surface area contributed by atoms with Crippen molar-refractivity contribution >= 4 is 81.8 Å². The molecule has 0 fully saturated rings. The molecule has 0 aliphatic heterocycles. The lowest BCUT2D eigenvalue weighted by atomic mass is 10.1. The Balaban J connectivity index is 1.76. The second kappa shape index (κ2) is 16.6. The Bertz CT molecular complexity index is 2310. The first-order valence-corrected chi connectivity index (χ1v) is 20.3. The Labute approximate surface area is 302 Å². The minimum Gasteiger partial charge on any atom is -0.507 e. The van der Waals surface area contributed by atoms with E-state index in [-0.39, 0.29) is 77.8 Å². The first-order chi connectivity index (χ1) is 24.3. The zero-order valence-electron chi connectivity index (χ0n) is 27.4. The smallest absolute Gasteiger partial charge is 0.296 e. The van der Waals surface area contributed by atoms with Crippen molar-refractivity contribution < 1.29 is 54.2 Å². The zero-order chi connectivity index (χ0) is 38.4. The summed E-state index contributed by atoms with van der Waals surface area (Å²) in [7, 11) is -10.7. The molecule has 1 aromatic heterocycles. The first-order valence-electron chi connectivity index (χ1n) is 14.8. The van der Waals surface area contributed by atoms with E-state index in [1.165, 1.54) is 41.1 Å². The van der Waals surface area contributed by atoms with Gasteiger partial charge in [-0.2, -0.15) is 40.2 Å². The van der Waals surface area contributed by atoms with Gasteiger partial charge in [-0.15, -0.1) is 10.2 Å². The van der Waals surface area contributed by atoms with Crippen molar-refractivity contribution in [2.75, 3.05) is 67.0 Å². The van der Waals surface area contributed by atoms with Crippen LogP contribution in [0.25, 0.3) is 10.8 Å². The molecule has 0 radical (unpaired) electrons. The molecular formula is C28H34N8O12S4. The summed E-state index contributed by atoms with van der Waals surface area (Å²) in [6, 6.07) is 8.62. The van der Waals surface area contributed by atoms with Crippen molar-refractivity contribution in [3.8, 4) is 5.75 Å². The normalized spacial score (nSPS) is 12.4. The van der Waals surface area contributed by atoms with E-state index >= 15 is 0 Å². The van der Waals surface area contributed by atoms with Gasteiger partial charge in [0, 0.05) is 45.5 Å². The third-order valence-electron chi connectivity index (χ3n) is 7.12. The summed E-state index contributed by atoms with van der Waals surface area (Å²) in [6.07, 6.45) is 0. The van der Waals surface area contributed by atoms with E-state index in [9.17, 15) is 49.7 Å². The standard InChI is InChI=1S/C28H34N8O12S4/c1-29-20-5-4-18-14-19(51(43,44)45)15-22(39)24(18)25(20)34-33-21-13-17(3-6-23(21)52(46,47)48)16-35(2)26-30-27(36(7-9-37)8-10-38)32-28(31-26)49-11-12-50(40,41)42/h3-6,13-15,29,37-39H,7-12,16H2,1-2H3,(H,40,41,42)(H,43,44,45)(H,46,47,48). The summed E-state index contributed by atoms with van der Waals surface area (Å²) >= 11 is 0.904. The molecule has 0 atom stereocenters. The number of fused-ring (bicyclic) bond motifs is 1. The van der Waals surface area contributed by atoms with Crippen LogP contribution in [0, 0.1) is 0 Å². The van der Waals surface area contributed by atoms with Crippen LogP contribution in [0.5, 0.6) is 5.75 Å². The number of thioether (sulfide) groups is 1. The second-order valence-corrected chi connectivity index (χ2v) is 16.3. The van der Waals surface area contributed by atoms with Gasteiger partial charge < -0.3 is 30.4 Å². The minimum absolute atomic E-state index is 0.0118. The molecule has 0 unspecified atom stereocenters. The van der Waals surface area contributed by atoms with E-state index in [0.717, 1.165) is 30.0 Å². The number of nitrogens with one attached hydrogen (secondary N) is 1. The zero-order valence-corrected chi connectivity index (χ0v) is 30.7. The van der Waals surface area contributed by atoms with E-state index < -0.39 is 51.6 Å². The van der Waals surface area contributed by atoms with Gasteiger partial charge in [-0.1, -0.05) is 23.9 Å². The van der Waals surface area contributed by atoms with Crippen molar-refractivity contribution in [2.45, 2.75) is 21.5 Å². The second-order valence-electron chi connectivity index (χ2n) is 10.8. The highest BCUT2D eigenvalue weighted by Crippen LogP contribution is 2.42. The number of benzene rings is 3. The Kier molecular flexibility index (Phi) is 12.9. The highest BCUT2D eigenvalue weighted by molar-refractivity contribution is 8.00. The van der Waals surface area contributed by atoms with E-state index in [1.54, 1.807) is 7.05 Å². The summed E-state index contributed by atoms with van der Waals surface area (Å²) in [5.41, 5.74) is 0.343. The van der Waals surface area contributed by atoms with Gasteiger partial charge in [0.1, 0.15) is 22.0 Å². The number of phenols is 1. The monoisotopic (exact) mass is 802 g/mol. The van der Waals surface area contributed by atoms with Crippen molar-refractivity contribution in [3.05, 3.63) is 48.0 Å². The molecule has 0 saturated carbocycles. The predicted molar refractivity (Wildman–Crippen MR) is 191 cm³/mol. The van der Waals surface area contributed by atoms with E-state index in [2.05, 4.69) is 30.5 Å². The maximum atomic E-state index is 12.3. The fourth-order valence-electron chi connectivity index (χ4n) is 4.76. The Morgan fingerprint density at radius 2 is 1.52 bits per heavy atom. The molecule has 1 heterocycles. The lowest BCUT2D eigenvalue weighted by Crippen LogP contribution is -2.32. The number of rotatable bonds is 17. The van der Waals surface area contributed by atoms with Gasteiger partial charge in [0.2, 0.25) is 11.9 Å². The maximum Gasteiger partial charge on any atom is 0.296 e. The highest BCUT2D eigenvalue weighted by atomic mass is 32.2. The van der Waals surface area contributed by atoms with E-state index in [1.807, 2.05) is 0 Å². The average Bonchev–Trinajstić information content (AvgIpc) is 3.05. The molecule has 7 N–H and O–H groups in total. The minimum atomic E-state index is -4.84. The van der Waals surface area contributed by atoms with Gasteiger partial charge in [0.05, 0.1) is 34.9 Å². The molecule has 0 amide bonds. The van der Waals surface area contributed by atoms with Crippen LogP contribution < -0.4 is 15.1 Å². The summed E-state index contributed by atoms with van der Waals surface area (Å²) in [5.74, 6) is -1.17. The molecule has 4 rings (SSSR count). The van der Waals surface area contributed by atoms with Crippen LogP contribution >= 0.6 is 11.8 Å². The van der Waals surface area contributed by atoms with Crippen molar-refractivity contribution in [3.63, 3.8) is 0 Å². The van der Waals surface area contributed by atoms with Crippen LogP contribution in [0.2, 0.25) is 0 Å². The van der Waals surface area contributed by atoms with Gasteiger partial charge in [0.25, 0.3) is 30.4 Å². The molecule has 0 spiro atoms. The van der Waals surface area contributed by atoms with Crippen LogP contribution in [-0.4, -0.2) is 121 Å². The fourth-order valence-corrected chi connectivity index (χ4v) is 7.55. The highest BCUT2D eigenvalue weighted by Gasteiger charge is 2.21. The summed E-state index contributed by atoms with van der Waals surface area (Å²) in [6.45, 7) is -0.541. The van der Waals surface area contributed by atoms with Crippen LogP contribution in [0.3, 0.4) is 0 Å².